The lowest BCUT2D eigenvalue weighted by molar-refractivity contribution is 0.0922. The molecule has 3 unspecified atom stereocenters. The van der Waals surface area contributed by atoms with Crippen LogP contribution in [-0.4, -0.2) is 22.6 Å². The molecule has 1 saturated carbocycles. The predicted octanol–water partition coefficient (Wildman–Crippen LogP) is 3.64. The molecule has 3 atom stereocenters. The summed E-state index contributed by atoms with van der Waals surface area (Å²) >= 11 is 0. The van der Waals surface area contributed by atoms with Crippen LogP contribution >= 0.6 is 0 Å². The van der Waals surface area contributed by atoms with Crippen molar-refractivity contribution in [3.8, 4) is 5.88 Å². The highest BCUT2D eigenvalue weighted by molar-refractivity contribution is 5.28. The second-order valence-electron chi connectivity index (χ2n) is 5.78. The standard InChI is InChI=1S/C15H24FN3O/c1-4-7-17-15-18-9-13(16)14(19-15)20-12-6-5-10(2)11(3)8-12/h9-12H,4-8H2,1-3H3,(H,17,18,19). The van der Waals surface area contributed by atoms with Crippen molar-refractivity contribution in [2.45, 2.75) is 52.6 Å². The van der Waals surface area contributed by atoms with Gasteiger partial charge in [-0.2, -0.15) is 9.37 Å². The molecule has 4 nitrogen and oxygen atoms in total. The van der Waals surface area contributed by atoms with Crippen molar-refractivity contribution in [1.82, 2.24) is 9.97 Å². The Balaban J connectivity index is 2.01. The topological polar surface area (TPSA) is 47.0 Å². The van der Waals surface area contributed by atoms with E-state index >= 15 is 0 Å². The molecule has 0 aromatic carbocycles. The largest absolute Gasteiger partial charge is 0.472 e. The first-order chi connectivity index (χ1) is 9.60. The van der Waals surface area contributed by atoms with Gasteiger partial charge in [0.05, 0.1) is 6.20 Å². The van der Waals surface area contributed by atoms with E-state index in [0.29, 0.717) is 17.8 Å². The van der Waals surface area contributed by atoms with Crippen molar-refractivity contribution in [3.05, 3.63) is 12.0 Å². The number of nitrogens with zero attached hydrogens (tertiary/aromatic N) is 2. The third-order valence-electron chi connectivity index (χ3n) is 4.07. The van der Waals surface area contributed by atoms with Crippen molar-refractivity contribution in [1.29, 1.82) is 0 Å². The second kappa shape index (κ2) is 6.86. The van der Waals surface area contributed by atoms with Gasteiger partial charge in [-0.3, -0.25) is 0 Å². The van der Waals surface area contributed by atoms with Gasteiger partial charge in [-0.25, -0.2) is 4.98 Å². The highest BCUT2D eigenvalue weighted by Gasteiger charge is 2.26. The fourth-order valence-corrected chi connectivity index (χ4v) is 2.52. The van der Waals surface area contributed by atoms with Gasteiger partial charge >= 0.3 is 0 Å². The molecule has 20 heavy (non-hydrogen) atoms. The van der Waals surface area contributed by atoms with E-state index in [9.17, 15) is 4.39 Å². The fourth-order valence-electron chi connectivity index (χ4n) is 2.52. The minimum Gasteiger partial charge on any atom is -0.472 e. The summed E-state index contributed by atoms with van der Waals surface area (Å²) in [6.07, 6.45) is 5.25. The molecule has 1 heterocycles. The summed E-state index contributed by atoms with van der Waals surface area (Å²) in [5, 5.41) is 3.05. The molecule has 0 bridgehead atoms. The molecule has 1 aromatic heterocycles. The Labute approximate surface area is 120 Å². The van der Waals surface area contributed by atoms with Crippen molar-refractivity contribution in [2.75, 3.05) is 11.9 Å². The van der Waals surface area contributed by atoms with E-state index in [-0.39, 0.29) is 12.0 Å². The zero-order chi connectivity index (χ0) is 14.5. The third-order valence-corrected chi connectivity index (χ3v) is 4.07. The number of halogens is 1. The summed E-state index contributed by atoms with van der Waals surface area (Å²) in [5.41, 5.74) is 0. The SMILES string of the molecule is CCCNc1ncc(F)c(OC2CCC(C)C(C)C2)n1. The van der Waals surface area contributed by atoms with Crippen LogP contribution in [0.25, 0.3) is 0 Å². The molecular weight excluding hydrogens is 257 g/mol. The average Bonchev–Trinajstić information content (AvgIpc) is 2.44. The third kappa shape index (κ3) is 3.81. The van der Waals surface area contributed by atoms with Crippen LogP contribution in [0, 0.1) is 17.7 Å². The minimum atomic E-state index is -0.488. The lowest BCUT2D eigenvalue weighted by atomic mass is 9.80. The molecule has 0 spiro atoms. The van der Waals surface area contributed by atoms with E-state index in [4.69, 9.17) is 4.74 Å². The Kier molecular flexibility index (Phi) is 5.15. The molecule has 1 fully saturated rings. The Hall–Kier alpha value is -1.39. The van der Waals surface area contributed by atoms with Crippen molar-refractivity contribution >= 4 is 5.95 Å². The first kappa shape index (κ1) is 15.0. The van der Waals surface area contributed by atoms with Gasteiger partial charge in [-0.15, -0.1) is 0 Å². The lowest BCUT2D eigenvalue weighted by Crippen LogP contribution is -2.29. The van der Waals surface area contributed by atoms with E-state index in [1.165, 1.54) is 6.20 Å². The number of anilines is 1. The van der Waals surface area contributed by atoms with Crippen LogP contribution in [0.3, 0.4) is 0 Å². The molecule has 1 aliphatic rings. The van der Waals surface area contributed by atoms with Crippen LogP contribution in [0.15, 0.2) is 6.20 Å². The van der Waals surface area contributed by atoms with E-state index < -0.39 is 5.82 Å². The quantitative estimate of drug-likeness (QED) is 0.895. The van der Waals surface area contributed by atoms with Gasteiger partial charge in [0.15, 0.2) is 0 Å². The van der Waals surface area contributed by atoms with E-state index in [2.05, 4.69) is 36.1 Å². The zero-order valence-electron chi connectivity index (χ0n) is 12.5. The summed E-state index contributed by atoms with van der Waals surface area (Å²) in [6, 6.07) is 0. The molecule has 112 valence electrons. The van der Waals surface area contributed by atoms with Gasteiger partial charge in [0.2, 0.25) is 11.8 Å². The smallest absolute Gasteiger partial charge is 0.255 e. The predicted molar refractivity (Wildman–Crippen MR) is 77.4 cm³/mol. The van der Waals surface area contributed by atoms with Gasteiger partial charge in [-0.05, 0) is 37.5 Å². The van der Waals surface area contributed by atoms with Gasteiger partial charge < -0.3 is 10.1 Å². The number of hydrogen-bond donors (Lipinski definition) is 1. The summed E-state index contributed by atoms with van der Waals surface area (Å²) in [4.78, 5) is 8.05. The maximum Gasteiger partial charge on any atom is 0.255 e. The molecule has 2 rings (SSSR count). The zero-order valence-corrected chi connectivity index (χ0v) is 12.5. The Bertz CT molecular complexity index is 441. The number of aromatic nitrogens is 2. The molecule has 0 aliphatic heterocycles. The first-order valence-electron chi connectivity index (χ1n) is 7.53. The lowest BCUT2D eigenvalue weighted by Gasteiger charge is -2.31. The molecular formula is C15H24FN3O. The average molecular weight is 281 g/mol. The monoisotopic (exact) mass is 281 g/mol. The Morgan fingerprint density at radius 2 is 2.15 bits per heavy atom. The second-order valence-corrected chi connectivity index (χ2v) is 5.78. The summed E-state index contributed by atoms with van der Waals surface area (Å²) in [5.74, 6) is 1.34. The Morgan fingerprint density at radius 3 is 2.85 bits per heavy atom. The molecule has 0 saturated heterocycles. The summed E-state index contributed by atoms with van der Waals surface area (Å²) in [7, 11) is 0. The molecule has 5 heteroatoms. The van der Waals surface area contributed by atoms with Gasteiger partial charge in [-0.1, -0.05) is 20.8 Å². The van der Waals surface area contributed by atoms with Gasteiger partial charge in [0.25, 0.3) is 5.88 Å². The van der Waals surface area contributed by atoms with Crippen molar-refractivity contribution in [2.24, 2.45) is 11.8 Å². The number of hydrogen-bond acceptors (Lipinski definition) is 4. The molecule has 1 aliphatic carbocycles. The van der Waals surface area contributed by atoms with E-state index in [0.717, 1.165) is 32.2 Å². The molecule has 1 aromatic rings. The number of nitrogens with one attached hydrogen (secondary N) is 1. The van der Waals surface area contributed by atoms with Gasteiger partial charge in [0, 0.05) is 6.54 Å². The summed E-state index contributed by atoms with van der Waals surface area (Å²) in [6.45, 7) is 7.31. The van der Waals surface area contributed by atoms with Crippen molar-refractivity contribution in [3.63, 3.8) is 0 Å². The Morgan fingerprint density at radius 1 is 1.35 bits per heavy atom. The molecule has 0 amide bonds. The van der Waals surface area contributed by atoms with E-state index in [1.807, 2.05) is 0 Å². The van der Waals surface area contributed by atoms with Crippen LogP contribution in [0.1, 0.15) is 46.5 Å². The number of rotatable bonds is 5. The molecule has 1 N–H and O–H groups in total. The van der Waals surface area contributed by atoms with Crippen LogP contribution in [0.5, 0.6) is 5.88 Å². The minimum absolute atomic E-state index is 0.0598. The number of ether oxygens (including phenoxy) is 1. The maximum atomic E-state index is 13.7. The maximum absolute atomic E-state index is 13.7. The van der Waals surface area contributed by atoms with E-state index in [1.54, 1.807) is 0 Å². The van der Waals surface area contributed by atoms with Crippen LogP contribution in [0.4, 0.5) is 10.3 Å². The van der Waals surface area contributed by atoms with Crippen LogP contribution in [-0.2, 0) is 0 Å². The summed E-state index contributed by atoms with van der Waals surface area (Å²) < 4.78 is 19.5. The highest BCUT2D eigenvalue weighted by atomic mass is 19.1. The molecule has 0 radical (unpaired) electrons. The first-order valence-corrected chi connectivity index (χ1v) is 7.53. The fraction of sp³-hybridized carbons (Fsp3) is 0.733. The van der Waals surface area contributed by atoms with Crippen molar-refractivity contribution < 1.29 is 9.13 Å². The van der Waals surface area contributed by atoms with Gasteiger partial charge in [0.1, 0.15) is 6.10 Å². The normalized spacial score (nSPS) is 26.3. The van der Waals surface area contributed by atoms with Crippen LogP contribution in [0.2, 0.25) is 0 Å². The van der Waals surface area contributed by atoms with Crippen LogP contribution < -0.4 is 10.1 Å². The highest BCUT2D eigenvalue weighted by Crippen LogP contribution is 2.32.